The molecule has 19 heavy (non-hydrogen) atoms. The van der Waals surface area contributed by atoms with Crippen molar-refractivity contribution in [3.63, 3.8) is 0 Å². The van der Waals surface area contributed by atoms with E-state index in [9.17, 15) is 4.39 Å². The summed E-state index contributed by atoms with van der Waals surface area (Å²) in [6.07, 6.45) is 0. The summed E-state index contributed by atoms with van der Waals surface area (Å²) in [5, 5.41) is 0. The fourth-order valence-corrected chi connectivity index (χ4v) is 4.26. The maximum Gasteiger partial charge on any atom is 0.151 e. The molecule has 0 aliphatic heterocycles. The van der Waals surface area contributed by atoms with Crippen LogP contribution in [0.25, 0.3) is 10.2 Å². The molecule has 0 bridgehead atoms. The van der Waals surface area contributed by atoms with Crippen LogP contribution in [0.1, 0.15) is 5.56 Å². The molecule has 3 rings (SSSR count). The monoisotopic (exact) mass is 353 g/mol. The highest BCUT2D eigenvalue weighted by Gasteiger charge is 2.05. The van der Waals surface area contributed by atoms with Crippen LogP contribution in [-0.4, -0.2) is 4.98 Å². The summed E-state index contributed by atoms with van der Waals surface area (Å²) in [6, 6.07) is 13.0. The van der Waals surface area contributed by atoms with E-state index < -0.39 is 0 Å². The Labute approximate surface area is 127 Å². The second kappa shape index (κ2) is 5.61. The van der Waals surface area contributed by atoms with Crippen molar-refractivity contribution >= 4 is 49.2 Å². The third kappa shape index (κ3) is 3.16. The van der Waals surface area contributed by atoms with Crippen LogP contribution in [0, 0.1) is 5.82 Å². The van der Waals surface area contributed by atoms with Crippen molar-refractivity contribution in [2.45, 2.75) is 10.1 Å². The lowest BCUT2D eigenvalue weighted by molar-refractivity contribution is 0.625. The van der Waals surface area contributed by atoms with Gasteiger partial charge in [-0.05, 0) is 35.9 Å². The van der Waals surface area contributed by atoms with Gasteiger partial charge in [0, 0.05) is 10.2 Å². The first-order valence-corrected chi connectivity index (χ1v) is 8.23. The lowest BCUT2D eigenvalue weighted by atomic mass is 10.2. The molecule has 96 valence electrons. The molecule has 0 aliphatic rings. The van der Waals surface area contributed by atoms with E-state index in [-0.39, 0.29) is 5.82 Å². The van der Waals surface area contributed by atoms with E-state index in [0.29, 0.717) is 0 Å². The molecule has 0 aliphatic carbocycles. The van der Waals surface area contributed by atoms with Crippen LogP contribution in [0.5, 0.6) is 0 Å². The summed E-state index contributed by atoms with van der Waals surface area (Å²) < 4.78 is 16.2. The Morgan fingerprint density at radius 3 is 2.84 bits per heavy atom. The third-order valence-electron chi connectivity index (χ3n) is 2.56. The van der Waals surface area contributed by atoms with Gasteiger partial charge < -0.3 is 0 Å². The van der Waals surface area contributed by atoms with Crippen molar-refractivity contribution in [3.05, 3.63) is 58.3 Å². The SMILES string of the molecule is Fc1cc(Br)cc(CSc2nc3ccccc3s2)c1. The molecule has 1 heterocycles. The van der Waals surface area contributed by atoms with Crippen molar-refractivity contribution in [2.75, 3.05) is 0 Å². The average Bonchev–Trinajstić information content (AvgIpc) is 2.78. The van der Waals surface area contributed by atoms with Gasteiger partial charge in [-0.1, -0.05) is 39.8 Å². The summed E-state index contributed by atoms with van der Waals surface area (Å²) in [4.78, 5) is 4.55. The number of benzene rings is 2. The number of nitrogens with zero attached hydrogens (tertiary/aromatic N) is 1. The molecular weight excluding hydrogens is 345 g/mol. The van der Waals surface area contributed by atoms with Crippen LogP contribution in [0.3, 0.4) is 0 Å². The van der Waals surface area contributed by atoms with E-state index in [0.717, 1.165) is 25.6 Å². The number of hydrogen-bond donors (Lipinski definition) is 0. The van der Waals surface area contributed by atoms with E-state index in [1.54, 1.807) is 29.2 Å². The van der Waals surface area contributed by atoms with Gasteiger partial charge in [-0.25, -0.2) is 9.37 Å². The van der Waals surface area contributed by atoms with E-state index in [1.165, 1.54) is 10.8 Å². The Morgan fingerprint density at radius 2 is 2.05 bits per heavy atom. The number of aromatic nitrogens is 1. The summed E-state index contributed by atoms with van der Waals surface area (Å²) in [5.41, 5.74) is 1.98. The van der Waals surface area contributed by atoms with Crippen LogP contribution >= 0.6 is 39.0 Å². The molecule has 1 aromatic heterocycles. The average molecular weight is 354 g/mol. The summed E-state index contributed by atoms with van der Waals surface area (Å²) in [5.74, 6) is 0.505. The number of thioether (sulfide) groups is 1. The maximum absolute atomic E-state index is 13.3. The molecule has 0 radical (unpaired) electrons. The number of halogens is 2. The number of rotatable bonds is 3. The Kier molecular flexibility index (Phi) is 3.86. The highest BCUT2D eigenvalue weighted by atomic mass is 79.9. The molecule has 0 unspecified atom stereocenters. The predicted octanol–water partition coefficient (Wildman–Crippen LogP) is 5.49. The highest BCUT2D eigenvalue weighted by Crippen LogP contribution is 2.31. The second-order valence-electron chi connectivity index (χ2n) is 4.01. The van der Waals surface area contributed by atoms with Crippen molar-refractivity contribution in [1.82, 2.24) is 4.98 Å². The van der Waals surface area contributed by atoms with Gasteiger partial charge in [-0.2, -0.15) is 0 Å². The highest BCUT2D eigenvalue weighted by molar-refractivity contribution is 9.10. The quantitative estimate of drug-likeness (QED) is 0.577. The molecule has 1 nitrogen and oxygen atoms in total. The second-order valence-corrected chi connectivity index (χ2v) is 7.18. The Hall–Kier alpha value is -0.910. The molecular formula is C14H9BrFNS2. The zero-order valence-electron chi connectivity index (χ0n) is 9.77. The Balaban J connectivity index is 1.78. The predicted molar refractivity (Wildman–Crippen MR) is 83.3 cm³/mol. The largest absolute Gasteiger partial charge is 0.230 e. The number of para-hydroxylation sites is 1. The van der Waals surface area contributed by atoms with Crippen LogP contribution < -0.4 is 0 Å². The molecule has 0 saturated heterocycles. The zero-order chi connectivity index (χ0) is 13.2. The lowest BCUT2D eigenvalue weighted by Gasteiger charge is -2.00. The molecule has 0 atom stereocenters. The Bertz CT molecular complexity index is 673. The van der Waals surface area contributed by atoms with Crippen molar-refractivity contribution in [1.29, 1.82) is 0 Å². The molecule has 2 aromatic carbocycles. The van der Waals surface area contributed by atoms with E-state index in [1.807, 2.05) is 24.3 Å². The lowest BCUT2D eigenvalue weighted by Crippen LogP contribution is -1.83. The van der Waals surface area contributed by atoms with Gasteiger partial charge in [0.15, 0.2) is 4.34 Å². The summed E-state index contributed by atoms with van der Waals surface area (Å²) >= 11 is 6.61. The minimum absolute atomic E-state index is 0.214. The van der Waals surface area contributed by atoms with Gasteiger partial charge in [-0.3, -0.25) is 0 Å². The maximum atomic E-state index is 13.3. The van der Waals surface area contributed by atoms with E-state index in [4.69, 9.17) is 0 Å². The Morgan fingerprint density at radius 1 is 1.21 bits per heavy atom. The molecule has 3 aromatic rings. The molecule has 0 amide bonds. The van der Waals surface area contributed by atoms with Gasteiger partial charge in [0.25, 0.3) is 0 Å². The first-order valence-electron chi connectivity index (χ1n) is 5.64. The molecule has 5 heteroatoms. The third-order valence-corrected chi connectivity index (χ3v) is 5.27. The molecule has 0 saturated carbocycles. The van der Waals surface area contributed by atoms with Gasteiger partial charge in [0.05, 0.1) is 10.2 Å². The summed E-state index contributed by atoms with van der Waals surface area (Å²) in [7, 11) is 0. The summed E-state index contributed by atoms with van der Waals surface area (Å²) in [6.45, 7) is 0. The van der Waals surface area contributed by atoms with Gasteiger partial charge in [0.1, 0.15) is 5.82 Å². The molecule has 0 spiro atoms. The molecule has 0 fully saturated rings. The van der Waals surface area contributed by atoms with E-state index in [2.05, 4.69) is 27.0 Å². The van der Waals surface area contributed by atoms with Gasteiger partial charge >= 0.3 is 0 Å². The van der Waals surface area contributed by atoms with Gasteiger partial charge in [0.2, 0.25) is 0 Å². The van der Waals surface area contributed by atoms with Crippen molar-refractivity contribution < 1.29 is 4.39 Å². The molecule has 0 N–H and O–H groups in total. The fraction of sp³-hybridized carbons (Fsp3) is 0.0714. The normalized spacial score (nSPS) is 11.1. The van der Waals surface area contributed by atoms with Crippen LogP contribution in [-0.2, 0) is 5.75 Å². The first kappa shape index (κ1) is 13.1. The van der Waals surface area contributed by atoms with Crippen LogP contribution in [0.15, 0.2) is 51.3 Å². The van der Waals surface area contributed by atoms with Crippen LogP contribution in [0.2, 0.25) is 0 Å². The topological polar surface area (TPSA) is 12.9 Å². The van der Waals surface area contributed by atoms with Gasteiger partial charge in [-0.15, -0.1) is 11.3 Å². The van der Waals surface area contributed by atoms with Crippen molar-refractivity contribution in [2.24, 2.45) is 0 Å². The van der Waals surface area contributed by atoms with Crippen molar-refractivity contribution in [3.8, 4) is 0 Å². The minimum Gasteiger partial charge on any atom is -0.230 e. The number of fused-ring (bicyclic) bond motifs is 1. The number of hydrogen-bond acceptors (Lipinski definition) is 3. The minimum atomic E-state index is -0.214. The van der Waals surface area contributed by atoms with Crippen LogP contribution in [0.4, 0.5) is 4.39 Å². The fourth-order valence-electron chi connectivity index (χ4n) is 1.75. The van der Waals surface area contributed by atoms with E-state index >= 15 is 0 Å². The smallest absolute Gasteiger partial charge is 0.151 e. The first-order chi connectivity index (χ1) is 9.20. The zero-order valence-corrected chi connectivity index (χ0v) is 13.0. The number of thiazole rings is 1. The standard InChI is InChI=1S/C14H9BrFNS2/c15-10-5-9(6-11(16)7-10)8-18-14-17-12-3-1-2-4-13(12)19-14/h1-7H,8H2.